The Labute approximate surface area is 370 Å². The molecule has 9 aromatic carbocycles. The molecule has 63 heavy (non-hydrogen) atoms. The minimum Gasteiger partial charge on any atom is -0.309 e. The summed E-state index contributed by atoms with van der Waals surface area (Å²) >= 11 is 0. The molecular weight excluding hydrogens is 777 g/mol. The van der Waals surface area contributed by atoms with E-state index in [0.29, 0.717) is 5.92 Å². The maximum Gasteiger partial charge on any atom is 0.179 e. The van der Waals surface area contributed by atoms with E-state index >= 15 is 0 Å². The quantitative estimate of drug-likeness (QED) is 0.107. The summed E-state index contributed by atoms with van der Waals surface area (Å²) in [6.45, 7) is 0. The van der Waals surface area contributed by atoms with E-state index in [0.717, 1.165) is 5.69 Å². The molecule has 2 aromatic heterocycles. The Bertz CT molecular complexity index is 3360. The van der Waals surface area contributed by atoms with E-state index < -0.39 is 8.07 Å². The maximum atomic E-state index is 2.51. The highest BCUT2D eigenvalue weighted by molar-refractivity contribution is 7.19. The van der Waals surface area contributed by atoms with Crippen molar-refractivity contribution >= 4 is 72.4 Å². The zero-order valence-corrected chi connectivity index (χ0v) is 36.4. The van der Waals surface area contributed by atoms with Crippen molar-refractivity contribution in [2.45, 2.75) is 38.0 Å². The first-order valence-electron chi connectivity index (χ1n) is 22.7. The Morgan fingerprint density at radius 2 is 0.746 bits per heavy atom. The van der Waals surface area contributed by atoms with Gasteiger partial charge in [-0.2, -0.15) is 0 Å². The molecule has 2 nitrogen and oxygen atoms in total. The maximum absolute atomic E-state index is 2.75. The number of aromatic nitrogens is 2. The lowest BCUT2D eigenvalue weighted by molar-refractivity contribution is 0.444. The van der Waals surface area contributed by atoms with Gasteiger partial charge in [-0.15, -0.1) is 0 Å². The molecule has 1 aliphatic carbocycles. The molecule has 0 spiro atoms. The lowest BCUT2D eigenvalue weighted by Crippen LogP contribution is -2.74. The predicted molar refractivity (Wildman–Crippen MR) is 270 cm³/mol. The molecule has 0 bridgehead atoms. The molecule has 0 unspecified atom stereocenters. The minimum absolute atomic E-state index is 0.670. The normalized spacial score (nSPS) is 13.7. The molecule has 0 saturated heterocycles. The van der Waals surface area contributed by atoms with Gasteiger partial charge in [0.25, 0.3) is 0 Å². The topological polar surface area (TPSA) is 9.86 Å². The van der Waals surface area contributed by atoms with Gasteiger partial charge in [0.2, 0.25) is 0 Å². The van der Waals surface area contributed by atoms with Crippen molar-refractivity contribution in [3.63, 3.8) is 0 Å². The molecule has 3 heteroatoms. The summed E-state index contributed by atoms with van der Waals surface area (Å²) in [5.41, 5.74) is 11.3. The van der Waals surface area contributed by atoms with Crippen LogP contribution in [0, 0.1) is 0 Å². The summed E-state index contributed by atoms with van der Waals surface area (Å²) in [7, 11) is -2.75. The Morgan fingerprint density at radius 1 is 0.317 bits per heavy atom. The van der Waals surface area contributed by atoms with Crippen LogP contribution in [0.1, 0.15) is 43.6 Å². The molecule has 1 aliphatic rings. The van der Waals surface area contributed by atoms with Crippen LogP contribution in [0.15, 0.2) is 224 Å². The van der Waals surface area contributed by atoms with Gasteiger partial charge in [0.05, 0.1) is 22.1 Å². The van der Waals surface area contributed by atoms with Crippen LogP contribution in [0.4, 0.5) is 0 Å². The van der Waals surface area contributed by atoms with Gasteiger partial charge in [-0.1, -0.05) is 189 Å². The summed E-state index contributed by atoms with van der Waals surface area (Å²) < 4.78 is 4.95. The third-order valence-corrected chi connectivity index (χ3v) is 18.9. The Kier molecular flexibility index (Phi) is 9.30. The summed E-state index contributed by atoms with van der Waals surface area (Å²) in [5, 5.41) is 10.7. The lowest BCUT2D eigenvalue weighted by atomic mass is 9.84. The van der Waals surface area contributed by atoms with Crippen LogP contribution in [-0.2, 0) is 0 Å². The smallest absolute Gasteiger partial charge is 0.179 e. The van der Waals surface area contributed by atoms with Gasteiger partial charge in [0.1, 0.15) is 0 Å². The average Bonchev–Trinajstić information content (AvgIpc) is 3.88. The fraction of sp³-hybridized carbons (Fsp3) is 0.100. The van der Waals surface area contributed by atoms with Crippen LogP contribution < -0.4 is 20.7 Å². The highest BCUT2D eigenvalue weighted by atomic mass is 28.3. The van der Waals surface area contributed by atoms with E-state index in [1.807, 2.05) is 0 Å². The summed E-state index contributed by atoms with van der Waals surface area (Å²) in [5.74, 6) is 0.670. The third-order valence-electron chi connectivity index (χ3n) is 14.1. The number of hydrogen-bond acceptors (Lipinski definition) is 0. The number of hydrogen-bond donors (Lipinski definition) is 0. The molecular formula is C60H48N2Si. The van der Waals surface area contributed by atoms with E-state index in [9.17, 15) is 0 Å². The second-order valence-electron chi connectivity index (χ2n) is 17.5. The van der Waals surface area contributed by atoms with E-state index in [2.05, 4.69) is 234 Å². The summed E-state index contributed by atoms with van der Waals surface area (Å²) in [4.78, 5) is 0. The van der Waals surface area contributed by atoms with Crippen molar-refractivity contribution in [3.8, 4) is 22.5 Å². The van der Waals surface area contributed by atoms with Crippen LogP contribution in [-0.4, -0.2) is 17.2 Å². The first-order valence-corrected chi connectivity index (χ1v) is 24.7. The lowest BCUT2D eigenvalue weighted by Gasteiger charge is -2.34. The molecule has 12 rings (SSSR count). The molecule has 0 N–H and O–H groups in total. The van der Waals surface area contributed by atoms with E-state index in [1.54, 1.807) is 0 Å². The van der Waals surface area contributed by atoms with E-state index in [-0.39, 0.29) is 0 Å². The van der Waals surface area contributed by atoms with Crippen LogP contribution >= 0.6 is 0 Å². The standard InChI is InChI=1S/C60H48N2Si/c1-5-17-43(18-6-1)45-29-35-51(36-30-45)63(49-21-9-3-10-22-49,50-23-11-4-12-24-50)52-37-32-47(33-38-52)61-57-27-15-14-26-54(57)56-42-48(34-40-60(56)61)62-58-28-16-13-25-53(58)55-41-46(31-39-59(55)62)44-19-7-2-8-20-44/h1,3-6,9-18,21-42,44H,2,7-8,19-20H2. The molecule has 0 atom stereocenters. The van der Waals surface area contributed by atoms with Crippen LogP contribution in [0.25, 0.3) is 66.1 Å². The second-order valence-corrected chi connectivity index (χ2v) is 21.3. The zero-order chi connectivity index (χ0) is 41.7. The van der Waals surface area contributed by atoms with E-state index in [1.165, 1.54) is 119 Å². The van der Waals surface area contributed by atoms with E-state index in [4.69, 9.17) is 0 Å². The monoisotopic (exact) mass is 824 g/mol. The largest absolute Gasteiger partial charge is 0.309 e. The van der Waals surface area contributed by atoms with Crippen molar-refractivity contribution < 1.29 is 0 Å². The molecule has 2 heterocycles. The molecule has 302 valence electrons. The number of para-hydroxylation sites is 2. The average molecular weight is 825 g/mol. The van der Waals surface area contributed by atoms with Gasteiger partial charge < -0.3 is 9.13 Å². The van der Waals surface area contributed by atoms with Crippen molar-refractivity contribution in [3.05, 3.63) is 230 Å². The van der Waals surface area contributed by atoms with Crippen molar-refractivity contribution in [1.29, 1.82) is 0 Å². The molecule has 0 aliphatic heterocycles. The first-order chi connectivity index (χ1) is 31.3. The summed E-state index contributed by atoms with van der Waals surface area (Å²) in [6.07, 6.45) is 6.67. The van der Waals surface area contributed by atoms with Gasteiger partial charge in [-0.05, 0) is 111 Å². The summed E-state index contributed by atoms with van der Waals surface area (Å²) in [6, 6.07) is 84.4. The Morgan fingerprint density at radius 3 is 1.35 bits per heavy atom. The van der Waals surface area contributed by atoms with Gasteiger partial charge in [-0.3, -0.25) is 0 Å². The fourth-order valence-electron chi connectivity index (χ4n) is 11.1. The predicted octanol–water partition coefficient (Wildman–Crippen LogP) is 13.0. The number of nitrogens with zero attached hydrogens (tertiary/aromatic N) is 2. The second kappa shape index (κ2) is 15.6. The molecule has 11 aromatic rings. The minimum atomic E-state index is -2.75. The van der Waals surface area contributed by atoms with Crippen molar-refractivity contribution in [2.75, 3.05) is 0 Å². The van der Waals surface area contributed by atoms with Crippen LogP contribution in [0.2, 0.25) is 0 Å². The van der Waals surface area contributed by atoms with Gasteiger partial charge in [0, 0.05) is 32.9 Å². The SMILES string of the molecule is c1ccc(-c2ccc([Si](c3ccccc3)(c3ccccc3)c3ccc(-n4c5ccccc5c5cc(-n6c7ccccc7c7cc(C8CCCCC8)ccc76)ccc54)cc3)cc2)cc1. The molecule has 0 radical (unpaired) electrons. The number of benzene rings is 9. The first kappa shape index (κ1) is 37.5. The van der Waals surface area contributed by atoms with Gasteiger partial charge in [-0.25, -0.2) is 0 Å². The Balaban J connectivity index is 1.00. The number of rotatable bonds is 8. The van der Waals surface area contributed by atoms with Crippen LogP contribution in [0.5, 0.6) is 0 Å². The van der Waals surface area contributed by atoms with Crippen molar-refractivity contribution in [1.82, 2.24) is 9.13 Å². The van der Waals surface area contributed by atoms with Crippen LogP contribution in [0.3, 0.4) is 0 Å². The van der Waals surface area contributed by atoms with Gasteiger partial charge in [0.15, 0.2) is 8.07 Å². The number of fused-ring (bicyclic) bond motifs is 6. The molecule has 1 fully saturated rings. The Hall–Kier alpha value is -7.20. The highest BCUT2D eigenvalue weighted by Crippen LogP contribution is 2.40. The van der Waals surface area contributed by atoms with Gasteiger partial charge >= 0.3 is 0 Å². The molecule has 1 saturated carbocycles. The highest BCUT2D eigenvalue weighted by Gasteiger charge is 2.41. The van der Waals surface area contributed by atoms with Crippen molar-refractivity contribution in [2.24, 2.45) is 0 Å². The third kappa shape index (κ3) is 6.21. The molecule has 0 amide bonds. The zero-order valence-electron chi connectivity index (χ0n) is 35.4. The fourth-order valence-corrected chi connectivity index (χ4v) is 15.8.